The average Bonchev–Trinajstić information content (AvgIpc) is 2.58. The lowest BCUT2D eigenvalue weighted by Gasteiger charge is -2.32. The number of halogens is 1. The van der Waals surface area contributed by atoms with Crippen LogP contribution in [-0.2, 0) is 11.3 Å². The standard InChI is InChI=1S/C16H20N4O3.ClH/c1-17-11-5-4-8-19(9-11)14(21)10-20-15(22)12-6-2-3-7-13(12)18-16(20)23;/h2-3,6-7,11,17H,4-5,8-10H2,1H3,(H,18,23);1H. The molecule has 0 aliphatic carbocycles. The maximum atomic E-state index is 12.5. The van der Waals surface area contributed by atoms with Gasteiger partial charge in [-0.15, -0.1) is 12.4 Å². The fraction of sp³-hybridized carbons (Fsp3) is 0.438. The van der Waals surface area contributed by atoms with Crippen molar-refractivity contribution in [3.63, 3.8) is 0 Å². The van der Waals surface area contributed by atoms with Crippen molar-refractivity contribution in [2.24, 2.45) is 0 Å². The van der Waals surface area contributed by atoms with E-state index in [0.717, 1.165) is 17.4 Å². The molecule has 1 atom stereocenters. The van der Waals surface area contributed by atoms with E-state index in [9.17, 15) is 14.4 Å². The summed E-state index contributed by atoms with van der Waals surface area (Å²) in [5.74, 6) is -0.201. The van der Waals surface area contributed by atoms with Crippen LogP contribution in [0.2, 0.25) is 0 Å². The highest BCUT2D eigenvalue weighted by atomic mass is 35.5. The number of piperidine rings is 1. The van der Waals surface area contributed by atoms with Crippen LogP contribution in [0.4, 0.5) is 0 Å². The van der Waals surface area contributed by atoms with E-state index in [1.807, 2.05) is 7.05 Å². The molecule has 0 bridgehead atoms. The first-order chi connectivity index (χ1) is 11.1. The molecule has 0 spiro atoms. The molecule has 1 saturated heterocycles. The molecule has 1 aliphatic heterocycles. The zero-order valence-electron chi connectivity index (χ0n) is 13.4. The third-order valence-electron chi connectivity index (χ3n) is 4.37. The van der Waals surface area contributed by atoms with Gasteiger partial charge in [0.25, 0.3) is 5.56 Å². The Balaban J connectivity index is 0.00000208. The highest BCUT2D eigenvalue weighted by Gasteiger charge is 2.23. The Morgan fingerprint density at radius 2 is 2.08 bits per heavy atom. The Bertz CT molecular complexity index is 845. The zero-order valence-corrected chi connectivity index (χ0v) is 14.3. The van der Waals surface area contributed by atoms with Gasteiger partial charge in [0.2, 0.25) is 5.91 Å². The monoisotopic (exact) mass is 352 g/mol. The van der Waals surface area contributed by atoms with E-state index in [1.165, 1.54) is 0 Å². The van der Waals surface area contributed by atoms with Crippen LogP contribution in [0.15, 0.2) is 33.9 Å². The molecule has 24 heavy (non-hydrogen) atoms. The number of hydrogen-bond acceptors (Lipinski definition) is 4. The molecule has 1 aromatic heterocycles. The molecule has 1 unspecified atom stereocenters. The van der Waals surface area contributed by atoms with Gasteiger partial charge in [-0.25, -0.2) is 4.79 Å². The third-order valence-corrected chi connectivity index (χ3v) is 4.37. The number of benzene rings is 1. The number of nitrogens with one attached hydrogen (secondary N) is 2. The van der Waals surface area contributed by atoms with Gasteiger partial charge in [-0.3, -0.25) is 14.2 Å². The van der Waals surface area contributed by atoms with Crippen LogP contribution < -0.4 is 16.6 Å². The molecule has 1 aliphatic rings. The maximum Gasteiger partial charge on any atom is 0.329 e. The molecule has 3 rings (SSSR count). The summed E-state index contributed by atoms with van der Waals surface area (Å²) < 4.78 is 0.980. The first-order valence-electron chi connectivity index (χ1n) is 7.77. The molecule has 2 heterocycles. The largest absolute Gasteiger partial charge is 0.340 e. The highest BCUT2D eigenvalue weighted by molar-refractivity contribution is 5.85. The SMILES string of the molecule is CNC1CCCN(C(=O)Cn2c(=O)[nH]c3ccccc3c2=O)C1.Cl. The van der Waals surface area contributed by atoms with Crippen LogP contribution in [0.25, 0.3) is 10.9 Å². The van der Waals surface area contributed by atoms with E-state index >= 15 is 0 Å². The zero-order chi connectivity index (χ0) is 16.4. The molecule has 0 radical (unpaired) electrons. The van der Waals surface area contributed by atoms with Crippen molar-refractivity contribution in [3.05, 3.63) is 45.1 Å². The summed E-state index contributed by atoms with van der Waals surface area (Å²) in [5, 5.41) is 3.58. The summed E-state index contributed by atoms with van der Waals surface area (Å²) in [6, 6.07) is 7.06. The number of carbonyl (C=O) groups is 1. The summed E-state index contributed by atoms with van der Waals surface area (Å²) in [6.07, 6.45) is 1.94. The van der Waals surface area contributed by atoms with Crippen LogP contribution in [0, 0.1) is 0 Å². The van der Waals surface area contributed by atoms with Crippen LogP contribution in [0.1, 0.15) is 12.8 Å². The van der Waals surface area contributed by atoms with Gasteiger partial charge >= 0.3 is 5.69 Å². The molecule has 7 nitrogen and oxygen atoms in total. The fourth-order valence-corrected chi connectivity index (χ4v) is 3.02. The molecule has 2 N–H and O–H groups in total. The summed E-state index contributed by atoms with van der Waals surface area (Å²) in [4.78, 5) is 41.4. The lowest BCUT2D eigenvalue weighted by molar-refractivity contribution is -0.133. The molecule has 1 aromatic carbocycles. The van der Waals surface area contributed by atoms with Gasteiger partial charge in [-0.2, -0.15) is 0 Å². The molecule has 0 saturated carbocycles. The Morgan fingerprint density at radius 1 is 1.33 bits per heavy atom. The van der Waals surface area contributed by atoms with Crippen LogP contribution >= 0.6 is 12.4 Å². The van der Waals surface area contributed by atoms with Crippen molar-refractivity contribution in [1.82, 2.24) is 19.8 Å². The van der Waals surface area contributed by atoms with Gasteiger partial charge < -0.3 is 15.2 Å². The Kier molecular flexibility index (Phi) is 5.80. The van der Waals surface area contributed by atoms with E-state index in [2.05, 4.69) is 10.3 Å². The van der Waals surface area contributed by atoms with Crippen molar-refractivity contribution in [3.8, 4) is 0 Å². The number of amides is 1. The minimum Gasteiger partial charge on any atom is -0.340 e. The first kappa shape index (κ1) is 18.2. The van der Waals surface area contributed by atoms with Gasteiger partial charge in [0, 0.05) is 19.1 Å². The molecular weight excluding hydrogens is 332 g/mol. The fourth-order valence-electron chi connectivity index (χ4n) is 3.02. The summed E-state index contributed by atoms with van der Waals surface area (Å²) in [7, 11) is 1.87. The molecule has 1 amide bonds. The first-order valence-corrected chi connectivity index (χ1v) is 7.77. The van der Waals surface area contributed by atoms with Gasteiger partial charge in [0.15, 0.2) is 0 Å². The van der Waals surface area contributed by atoms with Crippen molar-refractivity contribution in [1.29, 1.82) is 0 Å². The molecule has 1 fully saturated rings. The summed E-state index contributed by atoms with van der Waals surface area (Å²) >= 11 is 0. The van der Waals surface area contributed by atoms with Crippen molar-refractivity contribution in [2.45, 2.75) is 25.4 Å². The van der Waals surface area contributed by atoms with Crippen LogP contribution in [0.3, 0.4) is 0 Å². The smallest absolute Gasteiger partial charge is 0.329 e. The second kappa shape index (κ2) is 7.63. The van der Waals surface area contributed by atoms with E-state index in [0.29, 0.717) is 24.0 Å². The minimum atomic E-state index is -0.552. The summed E-state index contributed by atoms with van der Waals surface area (Å²) in [6.45, 7) is 1.04. The number of fused-ring (bicyclic) bond motifs is 1. The number of rotatable bonds is 3. The second-order valence-corrected chi connectivity index (χ2v) is 5.83. The van der Waals surface area contributed by atoms with Gasteiger partial charge in [0.05, 0.1) is 10.9 Å². The number of hydrogen-bond donors (Lipinski definition) is 2. The van der Waals surface area contributed by atoms with Crippen LogP contribution in [-0.4, -0.2) is 46.5 Å². The number of carbonyl (C=O) groups excluding carboxylic acids is 1. The quantitative estimate of drug-likeness (QED) is 0.833. The van der Waals surface area contributed by atoms with Gasteiger partial charge in [-0.05, 0) is 32.0 Å². The van der Waals surface area contributed by atoms with Gasteiger partial charge in [-0.1, -0.05) is 12.1 Å². The molecular formula is C16H21ClN4O3. The third kappa shape index (κ3) is 3.52. The molecule has 130 valence electrons. The number of aromatic amines is 1. The van der Waals surface area contributed by atoms with Crippen molar-refractivity contribution >= 4 is 29.2 Å². The lowest BCUT2D eigenvalue weighted by Crippen LogP contribution is -2.49. The average molecular weight is 353 g/mol. The number of likely N-dealkylation sites (N-methyl/N-ethyl adjacent to an activating group) is 1. The highest BCUT2D eigenvalue weighted by Crippen LogP contribution is 2.10. The van der Waals surface area contributed by atoms with E-state index < -0.39 is 11.2 Å². The Hall–Kier alpha value is -2.12. The van der Waals surface area contributed by atoms with Gasteiger partial charge in [0.1, 0.15) is 6.54 Å². The number of H-pyrrole nitrogens is 1. The second-order valence-electron chi connectivity index (χ2n) is 5.83. The number of aromatic nitrogens is 2. The molecule has 2 aromatic rings. The predicted octanol–water partition coefficient (Wildman–Crippen LogP) is 0.322. The number of para-hydroxylation sites is 1. The number of likely N-dealkylation sites (tertiary alicyclic amines) is 1. The van der Waals surface area contributed by atoms with Crippen LogP contribution in [0.5, 0.6) is 0 Å². The summed E-state index contributed by atoms with van der Waals surface area (Å²) in [5.41, 5.74) is -0.497. The lowest BCUT2D eigenvalue weighted by atomic mass is 10.1. The minimum absolute atomic E-state index is 0. The van der Waals surface area contributed by atoms with E-state index in [4.69, 9.17) is 0 Å². The Morgan fingerprint density at radius 3 is 2.83 bits per heavy atom. The van der Waals surface area contributed by atoms with Crippen molar-refractivity contribution < 1.29 is 4.79 Å². The number of nitrogens with zero attached hydrogens (tertiary/aromatic N) is 2. The normalized spacial score (nSPS) is 17.5. The maximum absolute atomic E-state index is 12.5. The van der Waals surface area contributed by atoms with E-state index in [-0.39, 0.29) is 30.9 Å². The molecule has 8 heteroatoms. The Labute approximate surface area is 145 Å². The van der Waals surface area contributed by atoms with E-state index in [1.54, 1.807) is 29.2 Å². The van der Waals surface area contributed by atoms with Crippen molar-refractivity contribution in [2.75, 3.05) is 20.1 Å². The predicted molar refractivity (Wildman–Crippen MR) is 94.7 cm³/mol. The topological polar surface area (TPSA) is 87.2 Å².